The molecule has 1 N–H and O–H groups in total. The molecule has 26 heavy (non-hydrogen) atoms. The van der Waals surface area contributed by atoms with Gasteiger partial charge in [-0.3, -0.25) is 9.59 Å². The molecule has 2 aromatic rings. The van der Waals surface area contributed by atoms with Crippen molar-refractivity contribution < 1.29 is 18.7 Å². The molecule has 0 aliphatic heterocycles. The number of likely N-dealkylation sites (N-methyl/N-ethyl adjacent to an activating group) is 1. The predicted molar refractivity (Wildman–Crippen MR) is 97.8 cm³/mol. The van der Waals surface area contributed by atoms with Crippen molar-refractivity contribution in [3.05, 3.63) is 64.4 Å². The molecule has 5 nitrogen and oxygen atoms in total. The molecule has 0 radical (unpaired) electrons. The van der Waals surface area contributed by atoms with Crippen LogP contribution in [0, 0.1) is 5.82 Å². The zero-order chi connectivity index (χ0) is 19.1. The Morgan fingerprint density at radius 1 is 1.19 bits per heavy atom. The highest BCUT2D eigenvalue weighted by Gasteiger charge is 2.15. The third kappa shape index (κ3) is 5.20. The topological polar surface area (TPSA) is 58.6 Å². The third-order valence-corrected chi connectivity index (χ3v) is 4.06. The number of nitrogens with zero attached hydrogens (tertiary/aromatic N) is 1. The van der Waals surface area contributed by atoms with Crippen molar-refractivity contribution in [1.29, 1.82) is 0 Å². The second-order valence-corrected chi connectivity index (χ2v) is 6.00. The highest BCUT2D eigenvalue weighted by Crippen LogP contribution is 2.20. The van der Waals surface area contributed by atoms with Crippen LogP contribution in [-0.2, 0) is 11.3 Å². The van der Waals surface area contributed by atoms with Gasteiger partial charge in [-0.2, -0.15) is 0 Å². The highest BCUT2D eigenvalue weighted by molar-refractivity contribution is 6.31. The second kappa shape index (κ2) is 9.20. The first-order valence-electron chi connectivity index (χ1n) is 8.10. The maximum atomic E-state index is 13.8. The van der Waals surface area contributed by atoms with Crippen LogP contribution >= 0.6 is 11.6 Å². The number of benzene rings is 2. The average Bonchev–Trinajstić information content (AvgIpc) is 2.63. The number of ether oxygens (including phenoxy) is 1. The number of carbonyl (C=O) groups excluding carboxylic acids is 2. The van der Waals surface area contributed by atoms with Gasteiger partial charge < -0.3 is 15.0 Å². The number of rotatable bonds is 7. The second-order valence-electron chi connectivity index (χ2n) is 5.59. The lowest BCUT2D eigenvalue weighted by Crippen LogP contribution is -2.38. The molecule has 0 unspecified atom stereocenters. The van der Waals surface area contributed by atoms with Gasteiger partial charge in [0.05, 0.1) is 13.2 Å². The van der Waals surface area contributed by atoms with Crippen LogP contribution in [-0.4, -0.2) is 36.9 Å². The maximum absolute atomic E-state index is 13.8. The fraction of sp³-hybridized carbons (Fsp3) is 0.263. The van der Waals surface area contributed by atoms with Crippen LogP contribution in [0.1, 0.15) is 22.8 Å². The van der Waals surface area contributed by atoms with Crippen molar-refractivity contribution in [3.63, 3.8) is 0 Å². The van der Waals surface area contributed by atoms with Crippen LogP contribution in [0.25, 0.3) is 0 Å². The Morgan fingerprint density at radius 3 is 2.50 bits per heavy atom. The minimum atomic E-state index is -0.476. The van der Waals surface area contributed by atoms with Gasteiger partial charge in [0, 0.05) is 29.7 Å². The summed E-state index contributed by atoms with van der Waals surface area (Å²) in [4.78, 5) is 25.6. The van der Waals surface area contributed by atoms with Gasteiger partial charge in [0.25, 0.3) is 5.91 Å². The normalized spacial score (nSPS) is 10.3. The van der Waals surface area contributed by atoms with Crippen LogP contribution in [0.4, 0.5) is 4.39 Å². The summed E-state index contributed by atoms with van der Waals surface area (Å²) in [6.07, 6.45) is 0. The summed E-state index contributed by atoms with van der Waals surface area (Å²) >= 11 is 5.96. The number of carbonyl (C=O) groups is 2. The summed E-state index contributed by atoms with van der Waals surface area (Å²) < 4.78 is 19.1. The monoisotopic (exact) mass is 378 g/mol. The van der Waals surface area contributed by atoms with Gasteiger partial charge in [-0.15, -0.1) is 0 Å². The summed E-state index contributed by atoms with van der Waals surface area (Å²) in [5, 5.41) is 2.80. The molecule has 0 heterocycles. The minimum absolute atomic E-state index is 0.0171. The largest absolute Gasteiger partial charge is 0.494 e. The number of halogens is 2. The Labute approximate surface area is 156 Å². The van der Waals surface area contributed by atoms with Crippen molar-refractivity contribution in [2.24, 2.45) is 0 Å². The van der Waals surface area contributed by atoms with E-state index < -0.39 is 5.82 Å². The van der Waals surface area contributed by atoms with E-state index in [1.165, 1.54) is 24.1 Å². The van der Waals surface area contributed by atoms with E-state index in [-0.39, 0.29) is 35.5 Å². The summed E-state index contributed by atoms with van der Waals surface area (Å²) in [6, 6.07) is 11.0. The van der Waals surface area contributed by atoms with Gasteiger partial charge in [0.2, 0.25) is 5.91 Å². The van der Waals surface area contributed by atoms with E-state index in [0.717, 1.165) is 0 Å². The van der Waals surface area contributed by atoms with Crippen LogP contribution in [0.2, 0.25) is 5.02 Å². The van der Waals surface area contributed by atoms with Crippen LogP contribution in [0.15, 0.2) is 42.5 Å². The molecule has 0 saturated carbocycles. The Balaban J connectivity index is 1.89. The predicted octanol–water partition coefficient (Wildman–Crippen LogP) is 3.27. The molecule has 7 heteroatoms. The van der Waals surface area contributed by atoms with E-state index in [4.69, 9.17) is 16.3 Å². The Morgan fingerprint density at radius 2 is 1.88 bits per heavy atom. The van der Waals surface area contributed by atoms with Crippen LogP contribution in [0.5, 0.6) is 5.75 Å². The van der Waals surface area contributed by atoms with Crippen molar-refractivity contribution in [3.8, 4) is 5.75 Å². The number of hydrogen-bond donors (Lipinski definition) is 1. The zero-order valence-corrected chi connectivity index (χ0v) is 15.3. The van der Waals surface area contributed by atoms with E-state index in [2.05, 4.69) is 5.32 Å². The van der Waals surface area contributed by atoms with E-state index >= 15 is 0 Å². The Hall–Kier alpha value is -2.60. The number of hydrogen-bond acceptors (Lipinski definition) is 3. The van der Waals surface area contributed by atoms with Gasteiger partial charge in [0.1, 0.15) is 11.6 Å². The van der Waals surface area contributed by atoms with Gasteiger partial charge in [-0.25, -0.2) is 4.39 Å². The number of nitrogens with one attached hydrogen (secondary N) is 1. The molecule has 0 saturated heterocycles. The molecule has 0 fully saturated rings. The first-order valence-corrected chi connectivity index (χ1v) is 8.48. The van der Waals surface area contributed by atoms with Crippen LogP contribution < -0.4 is 10.1 Å². The first kappa shape index (κ1) is 19.7. The Kier molecular flexibility index (Phi) is 6.97. The zero-order valence-electron chi connectivity index (χ0n) is 14.6. The molecule has 0 aliphatic rings. The van der Waals surface area contributed by atoms with Gasteiger partial charge in [-0.05, 0) is 43.3 Å². The SMILES string of the molecule is CCOc1ccc(C(=O)NCC(=O)N(C)Cc2c(F)cccc2Cl)cc1. The lowest BCUT2D eigenvalue weighted by atomic mass is 10.2. The fourth-order valence-corrected chi connectivity index (χ4v) is 2.49. The standard InChI is InChI=1S/C19H20ClFN2O3/c1-3-26-14-9-7-13(8-10-14)19(25)22-11-18(24)23(2)12-15-16(20)5-4-6-17(15)21/h4-10H,3,11-12H2,1-2H3,(H,22,25). The Bertz CT molecular complexity index is 761. The van der Waals surface area contributed by atoms with Gasteiger partial charge in [0.15, 0.2) is 0 Å². The molecular weight excluding hydrogens is 359 g/mol. The fourth-order valence-electron chi connectivity index (χ4n) is 2.27. The molecule has 2 aromatic carbocycles. The molecule has 0 atom stereocenters. The van der Waals surface area contributed by atoms with Crippen molar-refractivity contribution in [2.75, 3.05) is 20.2 Å². The minimum Gasteiger partial charge on any atom is -0.494 e. The quantitative estimate of drug-likeness (QED) is 0.804. The van der Waals surface area contributed by atoms with Crippen molar-refractivity contribution >= 4 is 23.4 Å². The lowest BCUT2D eigenvalue weighted by molar-refractivity contribution is -0.129. The molecule has 0 aliphatic carbocycles. The third-order valence-electron chi connectivity index (χ3n) is 3.71. The van der Waals surface area contributed by atoms with Gasteiger partial charge >= 0.3 is 0 Å². The van der Waals surface area contributed by atoms with E-state index in [0.29, 0.717) is 17.9 Å². The van der Waals surface area contributed by atoms with E-state index in [1.807, 2.05) is 6.92 Å². The smallest absolute Gasteiger partial charge is 0.251 e. The van der Waals surface area contributed by atoms with Crippen molar-refractivity contribution in [1.82, 2.24) is 10.2 Å². The average molecular weight is 379 g/mol. The summed E-state index contributed by atoms with van der Waals surface area (Å²) in [5.74, 6) is -0.542. The molecular formula is C19H20ClFN2O3. The van der Waals surface area contributed by atoms with Gasteiger partial charge in [-0.1, -0.05) is 17.7 Å². The van der Waals surface area contributed by atoms with Crippen LogP contribution in [0.3, 0.4) is 0 Å². The molecule has 0 aromatic heterocycles. The highest BCUT2D eigenvalue weighted by atomic mass is 35.5. The summed E-state index contributed by atoms with van der Waals surface area (Å²) in [6.45, 7) is 2.23. The first-order chi connectivity index (χ1) is 12.4. The molecule has 138 valence electrons. The van der Waals surface area contributed by atoms with E-state index in [1.54, 1.807) is 30.3 Å². The lowest BCUT2D eigenvalue weighted by Gasteiger charge is -2.18. The maximum Gasteiger partial charge on any atom is 0.251 e. The van der Waals surface area contributed by atoms with E-state index in [9.17, 15) is 14.0 Å². The number of amides is 2. The summed E-state index contributed by atoms with van der Waals surface area (Å²) in [5.41, 5.74) is 0.656. The molecule has 2 amide bonds. The summed E-state index contributed by atoms with van der Waals surface area (Å²) in [7, 11) is 1.52. The molecule has 0 spiro atoms. The molecule has 0 bridgehead atoms. The molecule has 2 rings (SSSR count). The van der Waals surface area contributed by atoms with Crippen molar-refractivity contribution in [2.45, 2.75) is 13.5 Å².